The Balaban J connectivity index is 1.81. The first-order valence-corrected chi connectivity index (χ1v) is 14.8. The van der Waals surface area contributed by atoms with Gasteiger partial charge in [-0.1, -0.05) is 0 Å². The molecule has 0 bridgehead atoms. The van der Waals surface area contributed by atoms with Crippen molar-refractivity contribution in [2.45, 2.75) is 98.4 Å². The van der Waals surface area contributed by atoms with Gasteiger partial charge >= 0.3 is 6.09 Å². The summed E-state index contributed by atoms with van der Waals surface area (Å²) in [7, 11) is 1.62. The maximum absolute atomic E-state index is 13.5. The van der Waals surface area contributed by atoms with Crippen LogP contribution >= 0.6 is 0 Å². The molecule has 42 heavy (non-hydrogen) atoms. The Bertz CT molecular complexity index is 1290. The Hall–Kier alpha value is -3.53. The van der Waals surface area contributed by atoms with Crippen molar-refractivity contribution in [1.29, 1.82) is 0 Å². The molecule has 1 saturated carbocycles. The lowest BCUT2D eigenvalue weighted by Crippen LogP contribution is -2.45. The standard InChI is InChI=1S/C32H48N4O6/c1-9-36(24-12-10-23(11-13-24)35-31(39)42-32(5,6)7)28-18-25(41-15-14-40-8)17-26(22(28)4)29(37)33-19-27-20(2)16-21(3)34-30(27)38/h16-18,23-24H,9-15,19H2,1-8H3,(H,33,37)(H,34,38)(H,35,39). The van der Waals surface area contributed by atoms with E-state index in [1.807, 2.05) is 53.7 Å². The smallest absolute Gasteiger partial charge is 0.407 e. The van der Waals surface area contributed by atoms with E-state index < -0.39 is 5.60 Å². The van der Waals surface area contributed by atoms with Gasteiger partial charge in [-0.3, -0.25) is 9.59 Å². The summed E-state index contributed by atoms with van der Waals surface area (Å²) in [5.41, 5.74) is 3.69. The minimum Gasteiger partial charge on any atom is -0.491 e. The SMILES string of the molecule is CCN(c1cc(OCCOC)cc(C(=O)NCc2c(C)cc(C)[nH]c2=O)c1C)C1CCC(NC(=O)OC(C)(C)C)CC1. The van der Waals surface area contributed by atoms with E-state index in [1.165, 1.54) is 0 Å². The largest absolute Gasteiger partial charge is 0.491 e. The molecule has 0 spiro atoms. The maximum Gasteiger partial charge on any atom is 0.407 e. The van der Waals surface area contributed by atoms with Gasteiger partial charge in [0, 0.05) is 60.9 Å². The van der Waals surface area contributed by atoms with Crippen LogP contribution in [0.5, 0.6) is 5.75 Å². The van der Waals surface area contributed by atoms with Crippen LogP contribution in [0.15, 0.2) is 23.0 Å². The lowest BCUT2D eigenvalue weighted by molar-refractivity contribution is 0.0491. The maximum atomic E-state index is 13.5. The second-order valence-electron chi connectivity index (χ2n) is 12.0. The van der Waals surface area contributed by atoms with Crippen LogP contribution < -0.4 is 25.8 Å². The van der Waals surface area contributed by atoms with Gasteiger partial charge in [-0.05, 0) is 97.4 Å². The van der Waals surface area contributed by atoms with Gasteiger partial charge in [0.25, 0.3) is 11.5 Å². The zero-order chi connectivity index (χ0) is 31.0. The van der Waals surface area contributed by atoms with Crippen molar-refractivity contribution in [2.75, 3.05) is 31.8 Å². The normalized spacial score (nSPS) is 17.0. The number of carbonyl (C=O) groups is 2. The first-order valence-electron chi connectivity index (χ1n) is 14.8. The predicted molar refractivity (Wildman–Crippen MR) is 165 cm³/mol. The fourth-order valence-corrected chi connectivity index (χ4v) is 5.53. The van der Waals surface area contributed by atoms with E-state index in [-0.39, 0.29) is 36.2 Å². The van der Waals surface area contributed by atoms with Gasteiger partial charge in [0.1, 0.15) is 18.0 Å². The minimum absolute atomic E-state index is 0.0642. The van der Waals surface area contributed by atoms with E-state index in [1.54, 1.807) is 13.2 Å². The molecule has 1 aromatic carbocycles. The molecule has 1 aromatic heterocycles. The van der Waals surface area contributed by atoms with E-state index in [0.29, 0.717) is 30.1 Å². The van der Waals surface area contributed by atoms with Crippen molar-refractivity contribution in [3.05, 3.63) is 56.5 Å². The lowest BCUT2D eigenvalue weighted by Gasteiger charge is -2.39. The van der Waals surface area contributed by atoms with Crippen molar-refractivity contribution in [3.8, 4) is 5.75 Å². The molecule has 1 aliphatic carbocycles. The molecule has 2 amide bonds. The topological polar surface area (TPSA) is 122 Å². The van der Waals surface area contributed by atoms with Crippen LogP contribution in [0.25, 0.3) is 0 Å². The van der Waals surface area contributed by atoms with E-state index in [9.17, 15) is 14.4 Å². The van der Waals surface area contributed by atoms with Crippen LogP contribution in [0.2, 0.25) is 0 Å². The number of benzene rings is 1. The monoisotopic (exact) mass is 584 g/mol. The number of hydrogen-bond acceptors (Lipinski definition) is 7. The molecule has 1 aliphatic rings. The molecule has 1 heterocycles. The molecule has 10 heteroatoms. The van der Waals surface area contributed by atoms with Crippen LogP contribution in [0.1, 0.15) is 86.1 Å². The first-order chi connectivity index (χ1) is 19.8. The Kier molecular flexibility index (Phi) is 11.4. The highest BCUT2D eigenvalue weighted by atomic mass is 16.6. The molecule has 3 rings (SSSR count). The summed E-state index contributed by atoms with van der Waals surface area (Å²) in [5.74, 6) is 0.313. The predicted octanol–water partition coefficient (Wildman–Crippen LogP) is 4.92. The summed E-state index contributed by atoms with van der Waals surface area (Å²) in [6, 6.07) is 5.95. The number of methoxy groups -OCH3 is 1. The first kappa shape index (κ1) is 33.0. The number of carbonyl (C=O) groups excluding carboxylic acids is 2. The second kappa shape index (κ2) is 14.6. The Morgan fingerprint density at radius 2 is 1.74 bits per heavy atom. The van der Waals surface area contributed by atoms with Gasteiger partial charge in [-0.2, -0.15) is 0 Å². The van der Waals surface area contributed by atoms with Crippen molar-refractivity contribution in [2.24, 2.45) is 0 Å². The third-order valence-electron chi connectivity index (χ3n) is 7.58. The van der Waals surface area contributed by atoms with Gasteiger partial charge in [0.15, 0.2) is 0 Å². The molecule has 0 saturated heterocycles. The van der Waals surface area contributed by atoms with E-state index >= 15 is 0 Å². The summed E-state index contributed by atoms with van der Waals surface area (Å²) in [6.07, 6.45) is 3.07. The molecular weight excluding hydrogens is 536 g/mol. The number of aromatic nitrogens is 1. The number of nitrogens with one attached hydrogen (secondary N) is 3. The highest BCUT2D eigenvalue weighted by molar-refractivity contribution is 5.97. The summed E-state index contributed by atoms with van der Waals surface area (Å²) >= 11 is 0. The van der Waals surface area contributed by atoms with Crippen molar-refractivity contribution >= 4 is 17.7 Å². The third-order valence-corrected chi connectivity index (χ3v) is 7.58. The van der Waals surface area contributed by atoms with E-state index in [2.05, 4.69) is 27.4 Å². The zero-order valence-electron chi connectivity index (χ0n) is 26.4. The van der Waals surface area contributed by atoms with Crippen LogP contribution in [0.4, 0.5) is 10.5 Å². The molecule has 1 fully saturated rings. The Morgan fingerprint density at radius 1 is 1.05 bits per heavy atom. The number of nitrogens with zero attached hydrogens (tertiary/aromatic N) is 1. The second-order valence-corrected chi connectivity index (χ2v) is 12.0. The summed E-state index contributed by atoms with van der Waals surface area (Å²) in [4.78, 5) is 43.4. The lowest BCUT2D eigenvalue weighted by atomic mass is 9.89. The number of amides is 2. The van der Waals surface area contributed by atoms with Crippen molar-refractivity contribution < 1.29 is 23.8 Å². The van der Waals surface area contributed by atoms with Crippen molar-refractivity contribution in [3.63, 3.8) is 0 Å². The highest BCUT2D eigenvalue weighted by Gasteiger charge is 2.29. The number of ether oxygens (including phenoxy) is 3. The average molecular weight is 585 g/mol. The van der Waals surface area contributed by atoms with Gasteiger partial charge in [-0.15, -0.1) is 0 Å². The molecule has 2 aromatic rings. The minimum atomic E-state index is -0.535. The molecular formula is C32H48N4O6. The number of rotatable bonds is 11. The van der Waals surface area contributed by atoms with Crippen LogP contribution in [-0.2, 0) is 16.0 Å². The summed E-state index contributed by atoms with van der Waals surface area (Å²) in [6.45, 7) is 15.0. The molecule has 10 nitrogen and oxygen atoms in total. The third kappa shape index (κ3) is 8.98. The van der Waals surface area contributed by atoms with E-state index in [0.717, 1.165) is 54.7 Å². The van der Waals surface area contributed by atoms with Crippen LogP contribution in [0.3, 0.4) is 0 Å². The number of aryl methyl sites for hydroxylation is 2. The van der Waals surface area contributed by atoms with Gasteiger partial charge in [-0.25, -0.2) is 4.79 Å². The molecule has 3 N–H and O–H groups in total. The fourth-order valence-electron chi connectivity index (χ4n) is 5.53. The van der Waals surface area contributed by atoms with E-state index in [4.69, 9.17) is 14.2 Å². The Labute approximate surface area is 249 Å². The molecule has 0 aliphatic heterocycles. The van der Waals surface area contributed by atoms with Crippen molar-refractivity contribution in [1.82, 2.24) is 15.6 Å². The number of aromatic amines is 1. The summed E-state index contributed by atoms with van der Waals surface area (Å²) in [5, 5.41) is 5.96. The number of H-pyrrole nitrogens is 1. The number of pyridine rings is 1. The Morgan fingerprint density at radius 3 is 2.33 bits per heavy atom. The highest BCUT2D eigenvalue weighted by Crippen LogP contribution is 2.34. The number of anilines is 1. The summed E-state index contributed by atoms with van der Waals surface area (Å²) < 4.78 is 16.6. The average Bonchev–Trinajstić information content (AvgIpc) is 2.89. The quantitative estimate of drug-likeness (QED) is 0.321. The molecule has 232 valence electrons. The number of alkyl carbamates (subject to hydrolysis) is 1. The molecule has 0 radical (unpaired) electrons. The number of hydrogen-bond donors (Lipinski definition) is 3. The van der Waals surface area contributed by atoms with Crippen LogP contribution in [0, 0.1) is 20.8 Å². The van der Waals surface area contributed by atoms with Gasteiger partial charge < -0.3 is 34.7 Å². The molecule has 0 atom stereocenters. The zero-order valence-corrected chi connectivity index (χ0v) is 26.4. The van der Waals surface area contributed by atoms with Gasteiger partial charge in [0.2, 0.25) is 0 Å². The van der Waals surface area contributed by atoms with Gasteiger partial charge in [0.05, 0.1) is 6.61 Å². The fraction of sp³-hybridized carbons (Fsp3) is 0.594. The van der Waals surface area contributed by atoms with Crippen LogP contribution in [-0.4, -0.2) is 61.5 Å². The molecule has 0 unspecified atom stereocenters.